The Bertz CT molecular complexity index is 306. The Hall–Kier alpha value is -1.12. The summed E-state index contributed by atoms with van der Waals surface area (Å²) in [7, 11) is 1.41. The highest BCUT2D eigenvalue weighted by atomic mass is 16.5. The molecule has 1 aliphatic carbocycles. The number of methoxy groups -OCH3 is 1. The molecule has 3 nitrogen and oxygen atoms in total. The van der Waals surface area contributed by atoms with Crippen LogP contribution in [0.25, 0.3) is 0 Å². The van der Waals surface area contributed by atoms with E-state index in [1.54, 1.807) is 0 Å². The zero-order valence-corrected chi connectivity index (χ0v) is 10.3. The van der Waals surface area contributed by atoms with Gasteiger partial charge in [-0.3, -0.25) is 0 Å². The molecule has 0 aromatic heterocycles. The van der Waals surface area contributed by atoms with E-state index in [0.717, 1.165) is 31.1 Å². The van der Waals surface area contributed by atoms with Gasteiger partial charge < -0.3 is 9.53 Å². The van der Waals surface area contributed by atoms with E-state index in [4.69, 9.17) is 4.74 Å². The van der Waals surface area contributed by atoms with Gasteiger partial charge in [0.25, 0.3) is 0 Å². The summed E-state index contributed by atoms with van der Waals surface area (Å²) in [5.74, 6) is 0.269. The van der Waals surface area contributed by atoms with E-state index in [-0.39, 0.29) is 11.4 Å². The maximum atomic E-state index is 11.5. The average Bonchev–Trinajstić information content (AvgIpc) is 2.29. The first-order valence-electron chi connectivity index (χ1n) is 5.77. The summed E-state index contributed by atoms with van der Waals surface area (Å²) in [5, 5.41) is 0. The van der Waals surface area contributed by atoms with Crippen molar-refractivity contribution in [3.8, 4) is 0 Å². The molecule has 0 aromatic carbocycles. The third-order valence-electron chi connectivity index (χ3n) is 3.72. The molecule has 2 atom stereocenters. The number of hydrogen-bond donors (Lipinski definition) is 0. The van der Waals surface area contributed by atoms with E-state index in [0.29, 0.717) is 12.3 Å². The molecule has 0 radical (unpaired) electrons. The highest BCUT2D eigenvalue weighted by Gasteiger charge is 2.33. The Morgan fingerprint density at radius 3 is 2.94 bits per heavy atom. The minimum Gasteiger partial charge on any atom is -0.466 e. The van der Waals surface area contributed by atoms with Crippen LogP contribution >= 0.6 is 0 Å². The van der Waals surface area contributed by atoms with E-state index in [1.165, 1.54) is 7.11 Å². The molecule has 0 bridgehead atoms. The molecule has 0 aromatic rings. The van der Waals surface area contributed by atoms with Crippen molar-refractivity contribution < 1.29 is 14.3 Å². The van der Waals surface area contributed by atoms with Crippen LogP contribution in [0.2, 0.25) is 0 Å². The number of carbonyl (C=O) groups excluding carboxylic acids is 2. The van der Waals surface area contributed by atoms with E-state index in [9.17, 15) is 9.59 Å². The standard InChI is InChI=1S/C13H20O3/c1-10-5-6-11(12(15)16-3)9-13(10,2)7-4-8-14/h8-10H,4-7H2,1-3H3/t10-,13-/m0/s1. The van der Waals surface area contributed by atoms with Gasteiger partial charge in [-0.1, -0.05) is 19.9 Å². The molecule has 3 heteroatoms. The topological polar surface area (TPSA) is 43.4 Å². The highest BCUT2D eigenvalue weighted by Crippen LogP contribution is 2.42. The van der Waals surface area contributed by atoms with Gasteiger partial charge in [-0.15, -0.1) is 0 Å². The van der Waals surface area contributed by atoms with Gasteiger partial charge in [0, 0.05) is 12.0 Å². The summed E-state index contributed by atoms with van der Waals surface area (Å²) in [6, 6.07) is 0. The normalized spacial score (nSPS) is 29.4. The average molecular weight is 224 g/mol. The van der Waals surface area contributed by atoms with Crippen molar-refractivity contribution in [2.45, 2.75) is 39.5 Å². The lowest BCUT2D eigenvalue weighted by Crippen LogP contribution is -2.29. The second-order valence-electron chi connectivity index (χ2n) is 4.81. The van der Waals surface area contributed by atoms with Crippen LogP contribution in [-0.4, -0.2) is 19.4 Å². The largest absolute Gasteiger partial charge is 0.466 e. The van der Waals surface area contributed by atoms with Crippen LogP contribution in [0.4, 0.5) is 0 Å². The predicted octanol–water partition coefficient (Wildman–Crippen LogP) is 2.50. The van der Waals surface area contributed by atoms with Crippen LogP contribution in [-0.2, 0) is 14.3 Å². The van der Waals surface area contributed by atoms with E-state index >= 15 is 0 Å². The summed E-state index contributed by atoms with van der Waals surface area (Å²) >= 11 is 0. The highest BCUT2D eigenvalue weighted by molar-refractivity contribution is 5.88. The van der Waals surface area contributed by atoms with Crippen molar-refractivity contribution in [2.24, 2.45) is 11.3 Å². The second-order valence-corrected chi connectivity index (χ2v) is 4.81. The summed E-state index contributed by atoms with van der Waals surface area (Å²) < 4.78 is 4.75. The molecule has 0 unspecified atom stereocenters. The van der Waals surface area contributed by atoms with Gasteiger partial charge in [0.2, 0.25) is 0 Å². The smallest absolute Gasteiger partial charge is 0.333 e. The Morgan fingerprint density at radius 1 is 1.69 bits per heavy atom. The Labute approximate surface area is 96.9 Å². The van der Waals surface area contributed by atoms with Gasteiger partial charge >= 0.3 is 5.97 Å². The number of aldehydes is 1. The molecule has 0 heterocycles. The number of rotatable bonds is 4. The molecule has 0 spiro atoms. The third-order valence-corrected chi connectivity index (χ3v) is 3.72. The van der Waals surface area contributed by atoms with Gasteiger partial charge in [-0.25, -0.2) is 4.79 Å². The van der Waals surface area contributed by atoms with Gasteiger partial charge in [0.15, 0.2) is 0 Å². The number of allylic oxidation sites excluding steroid dienone is 1. The van der Waals surface area contributed by atoms with Gasteiger partial charge in [0.05, 0.1) is 7.11 Å². The van der Waals surface area contributed by atoms with Crippen LogP contribution < -0.4 is 0 Å². The fourth-order valence-corrected chi connectivity index (χ4v) is 2.29. The minimum atomic E-state index is -0.232. The Morgan fingerprint density at radius 2 is 2.38 bits per heavy atom. The predicted molar refractivity (Wildman–Crippen MR) is 61.9 cm³/mol. The zero-order chi connectivity index (χ0) is 12.2. The van der Waals surface area contributed by atoms with Crippen LogP contribution in [0.5, 0.6) is 0 Å². The fourth-order valence-electron chi connectivity index (χ4n) is 2.29. The quantitative estimate of drug-likeness (QED) is 0.544. The van der Waals surface area contributed by atoms with Crippen molar-refractivity contribution in [2.75, 3.05) is 7.11 Å². The lowest BCUT2D eigenvalue weighted by molar-refractivity contribution is -0.136. The summed E-state index contributed by atoms with van der Waals surface area (Å²) in [4.78, 5) is 21.9. The van der Waals surface area contributed by atoms with Crippen LogP contribution in [0.15, 0.2) is 11.6 Å². The summed E-state index contributed by atoms with van der Waals surface area (Å²) in [6.07, 6.45) is 6.07. The lowest BCUT2D eigenvalue weighted by Gasteiger charge is -2.37. The number of hydrogen-bond acceptors (Lipinski definition) is 3. The van der Waals surface area contributed by atoms with E-state index < -0.39 is 0 Å². The first-order valence-corrected chi connectivity index (χ1v) is 5.77. The van der Waals surface area contributed by atoms with Gasteiger partial charge in [-0.05, 0) is 30.6 Å². The third kappa shape index (κ3) is 2.71. The molecule has 0 fully saturated rings. The molecular formula is C13H20O3. The molecule has 16 heavy (non-hydrogen) atoms. The molecule has 1 aliphatic rings. The molecular weight excluding hydrogens is 204 g/mol. The molecule has 0 saturated heterocycles. The number of esters is 1. The van der Waals surface area contributed by atoms with Gasteiger partial charge in [0.1, 0.15) is 6.29 Å². The molecule has 0 N–H and O–H groups in total. The summed E-state index contributed by atoms with van der Waals surface area (Å²) in [5.41, 5.74) is 0.705. The van der Waals surface area contributed by atoms with Crippen LogP contribution in [0.3, 0.4) is 0 Å². The van der Waals surface area contributed by atoms with Crippen molar-refractivity contribution in [3.05, 3.63) is 11.6 Å². The van der Waals surface area contributed by atoms with Crippen molar-refractivity contribution in [1.29, 1.82) is 0 Å². The maximum Gasteiger partial charge on any atom is 0.333 e. The number of carbonyl (C=O) groups is 2. The van der Waals surface area contributed by atoms with Crippen molar-refractivity contribution in [1.82, 2.24) is 0 Å². The van der Waals surface area contributed by atoms with Crippen molar-refractivity contribution >= 4 is 12.3 Å². The molecule has 0 amide bonds. The lowest BCUT2D eigenvalue weighted by atomic mass is 9.68. The monoisotopic (exact) mass is 224 g/mol. The van der Waals surface area contributed by atoms with Crippen LogP contribution in [0.1, 0.15) is 39.5 Å². The maximum absolute atomic E-state index is 11.5. The first-order chi connectivity index (χ1) is 7.53. The molecule has 1 rings (SSSR count). The molecule has 90 valence electrons. The zero-order valence-electron chi connectivity index (χ0n) is 10.3. The van der Waals surface area contributed by atoms with Crippen molar-refractivity contribution in [3.63, 3.8) is 0 Å². The fraction of sp³-hybridized carbons (Fsp3) is 0.692. The second kappa shape index (κ2) is 5.28. The molecule has 0 saturated carbocycles. The summed E-state index contributed by atoms with van der Waals surface area (Å²) in [6.45, 7) is 4.29. The minimum absolute atomic E-state index is 0.0529. The SMILES string of the molecule is COC(=O)C1=C[C@](C)(CCC=O)[C@@H](C)CC1. The Balaban J connectivity index is 2.87. The van der Waals surface area contributed by atoms with E-state index in [2.05, 4.69) is 13.8 Å². The van der Waals surface area contributed by atoms with E-state index in [1.807, 2.05) is 6.08 Å². The Kier molecular flexibility index (Phi) is 4.27. The van der Waals surface area contributed by atoms with Gasteiger partial charge in [-0.2, -0.15) is 0 Å². The van der Waals surface area contributed by atoms with Crippen LogP contribution in [0, 0.1) is 11.3 Å². The molecule has 0 aliphatic heterocycles. The first kappa shape index (κ1) is 12.9. The number of ether oxygens (including phenoxy) is 1.